The average molecular weight is 451 g/mol. The van der Waals surface area contributed by atoms with Crippen LogP contribution in [0.5, 0.6) is 0 Å². The van der Waals surface area contributed by atoms with Crippen LogP contribution in [0.25, 0.3) is 0 Å². The van der Waals surface area contributed by atoms with Gasteiger partial charge in [-0.3, -0.25) is 4.68 Å². The number of hydrogen-bond donors (Lipinski definition) is 2. The van der Waals surface area contributed by atoms with Gasteiger partial charge in [-0.05, 0) is 43.7 Å². The minimum atomic E-state index is -5.08. The number of carbonyl (C=O) groups is 1. The molecule has 0 aliphatic carbocycles. The summed E-state index contributed by atoms with van der Waals surface area (Å²) in [6.07, 6.45) is 0.613. The topological polar surface area (TPSA) is 117 Å². The van der Waals surface area contributed by atoms with Crippen LogP contribution in [-0.4, -0.2) is 67.2 Å². The molecule has 0 radical (unpaired) electrons. The number of hydrogen-bond acceptors (Lipinski definition) is 7. The number of piperidine rings is 1. The number of aliphatic hydroxyl groups excluding tert-OH is 1. The first-order valence-electron chi connectivity index (χ1n) is 9.23. The van der Waals surface area contributed by atoms with Gasteiger partial charge in [-0.25, -0.2) is 4.79 Å². The third-order valence-corrected chi connectivity index (χ3v) is 4.62. The normalized spacial score (nSPS) is 14.9. The molecule has 9 nitrogen and oxygen atoms in total. The molecule has 0 saturated carbocycles. The number of rotatable bonds is 6. The van der Waals surface area contributed by atoms with Crippen molar-refractivity contribution < 1.29 is 28.2 Å². The first kappa shape index (κ1) is 23.8. The molecule has 2 aromatic heterocycles. The van der Waals surface area contributed by atoms with E-state index in [9.17, 15) is 13.2 Å². The molecule has 1 saturated heterocycles. The summed E-state index contributed by atoms with van der Waals surface area (Å²) >= 11 is 5.78. The van der Waals surface area contributed by atoms with E-state index in [0.717, 1.165) is 56.8 Å². The van der Waals surface area contributed by atoms with Crippen LogP contribution in [0.4, 0.5) is 19.0 Å². The standard InChI is InChI=1S/C15H21ClN6O.C2HF3O2/c16-14-3-4-15(19-18-14)21-7-5-12(6-8-21)10-22-11-13(17-20-22)2-1-9-23;3-2(4,5)1(6)7/h3-4,11-12,23H,1-2,5-10H2;(H,6,7). The summed E-state index contributed by atoms with van der Waals surface area (Å²) < 4.78 is 33.7. The Hall–Kier alpha value is -2.47. The summed E-state index contributed by atoms with van der Waals surface area (Å²) in [6.45, 7) is 3.02. The van der Waals surface area contributed by atoms with Crippen molar-refractivity contribution in [2.75, 3.05) is 24.6 Å². The van der Waals surface area contributed by atoms with Gasteiger partial charge in [0.1, 0.15) is 0 Å². The molecule has 13 heteroatoms. The number of anilines is 1. The second-order valence-corrected chi connectivity index (χ2v) is 7.09. The molecule has 1 aliphatic heterocycles. The molecule has 0 unspecified atom stereocenters. The van der Waals surface area contributed by atoms with Crippen LogP contribution < -0.4 is 4.90 Å². The summed E-state index contributed by atoms with van der Waals surface area (Å²) in [5.74, 6) is -1.27. The Kier molecular flexibility index (Phi) is 8.78. The van der Waals surface area contributed by atoms with Crippen molar-refractivity contribution in [3.8, 4) is 0 Å². The highest BCUT2D eigenvalue weighted by molar-refractivity contribution is 6.29. The van der Waals surface area contributed by atoms with Gasteiger partial charge in [0.05, 0.1) is 5.69 Å². The van der Waals surface area contributed by atoms with Crippen LogP contribution in [-0.2, 0) is 17.8 Å². The predicted octanol–water partition coefficient (Wildman–Crippen LogP) is 2.20. The monoisotopic (exact) mass is 450 g/mol. The lowest BCUT2D eigenvalue weighted by Gasteiger charge is -2.32. The van der Waals surface area contributed by atoms with Crippen LogP contribution in [0.15, 0.2) is 18.3 Å². The Morgan fingerprint density at radius 2 is 1.87 bits per heavy atom. The molecule has 2 aromatic rings. The Labute approximate surface area is 175 Å². The number of halogens is 4. The summed E-state index contributed by atoms with van der Waals surface area (Å²) in [4.78, 5) is 11.1. The van der Waals surface area contributed by atoms with E-state index in [1.807, 2.05) is 16.9 Å². The molecule has 30 heavy (non-hydrogen) atoms. The zero-order chi connectivity index (χ0) is 22.1. The minimum Gasteiger partial charge on any atom is -0.475 e. The highest BCUT2D eigenvalue weighted by Gasteiger charge is 2.38. The van der Waals surface area contributed by atoms with Gasteiger partial charge in [0, 0.05) is 32.4 Å². The number of aliphatic hydroxyl groups is 1. The number of aliphatic carboxylic acids is 1. The minimum absolute atomic E-state index is 0.193. The van der Waals surface area contributed by atoms with Crippen LogP contribution >= 0.6 is 11.6 Å². The maximum atomic E-state index is 10.6. The van der Waals surface area contributed by atoms with Gasteiger partial charge in [0.15, 0.2) is 11.0 Å². The molecule has 0 amide bonds. The third-order valence-electron chi connectivity index (χ3n) is 4.42. The molecule has 1 fully saturated rings. The fourth-order valence-electron chi connectivity index (χ4n) is 2.89. The van der Waals surface area contributed by atoms with E-state index in [-0.39, 0.29) is 6.61 Å². The highest BCUT2D eigenvalue weighted by Crippen LogP contribution is 2.23. The SMILES string of the molecule is O=C(O)C(F)(F)F.OCCCc1cn(CC2CCN(c3ccc(Cl)nn3)CC2)nn1. The van der Waals surface area contributed by atoms with Crippen molar-refractivity contribution >= 4 is 23.4 Å². The summed E-state index contributed by atoms with van der Waals surface area (Å²) in [6, 6.07) is 3.69. The highest BCUT2D eigenvalue weighted by atomic mass is 35.5. The molecule has 3 heterocycles. The van der Waals surface area contributed by atoms with E-state index in [1.54, 1.807) is 6.07 Å². The molecule has 0 aromatic carbocycles. The number of carboxylic acid groups (broad SMARTS) is 1. The first-order valence-corrected chi connectivity index (χ1v) is 9.61. The summed E-state index contributed by atoms with van der Waals surface area (Å²) in [5, 5.41) is 32.8. The fourth-order valence-corrected chi connectivity index (χ4v) is 2.99. The van der Waals surface area contributed by atoms with E-state index < -0.39 is 12.1 Å². The molecular weight excluding hydrogens is 429 g/mol. The van der Waals surface area contributed by atoms with Gasteiger partial charge in [0.25, 0.3) is 0 Å². The molecule has 0 spiro atoms. The van der Waals surface area contributed by atoms with Gasteiger partial charge in [-0.1, -0.05) is 16.8 Å². The quantitative estimate of drug-likeness (QED) is 0.687. The van der Waals surface area contributed by atoms with Crippen LogP contribution in [0.1, 0.15) is 25.0 Å². The van der Waals surface area contributed by atoms with Crippen LogP contribution in [0, 0.1) is 5.92 Å². The van der Waals surface area contributed by atoms with Gasteiger partial charge in [0.2, 0.25) is 0 Å². The van der Waals surface area contributed by atoms with Gasteiger partial charge in [-0.15, -0.1) is 15.3 Å². The van der Waals surface area contributed by atoms with E-state index in [1.165, 1.54) is 0 Å². The molecule has 3 rings (SSSR count). The second-order valence-electron chi connectivity index (χ2n) is 6.71. The maximum Gasteiger partial charge on any atom is 0.490 e. The van der Waals surface area contributed by atoms with E-state index in [0.29, 0.717) is 11.1 Å². The van der Waals surface area contributed by atoms with Gasteiger partial charge in [-0.2, -0.15) is 13.2 Å². The Morgan fingerprint density at radius 1 is 1.20 bits per heavy atom. The first-order chi connectivity index (χ1) is 14.2. The maximum absolute atomic E-state index is 10.6. The fraction of sp³-hybridized carbons (Fsp3) is 0.588. The zero-order valence-electron chi connectivity index (χ0n) is 16.0. The van der Waals surface area contributed by atoms with Gasteiger partial charge < -0.3 is 15.1 Å². The molecule has 166 valence electrons. The van der Waals surface area contributed by atoms with E-state index in [4.69, 9.17) is 26.6 Å². The van der Waals surface area contributed by atoms with Crippen molar-refractivity contribution in [1.29, 1.82) is 0 Å². The Balaban J connectivity index is 0.000000396. The number of aryl methyl sites for hydroxylation is 1. The van der Waals surface area contributed by atoms with Crippen molar-refractivity contribution in [3.63, 3.8) is 0 Å². The molecule has 0 bridgehead atoms. The van der Waals surface area contributed by atoms with Crippen molar-refractivity contribution in [2.45, 2.75) is 38.4 Å². The Bertz CT molecular complexity index is 795. The Morgan fingerprint density at radius 3 is 2.40 bits per heavy atom. The third kappa shape index (κ3) is 7.75. The van der Waals surface area contributed by atoms with Crippen molar-refractivity contribution in [3.05, 3.63) is 29.2 Å². The zero-order valence-corrected chi connectivity index (χ0v) is 16.7. The molecule has 2 N–H and O–H groups in total. The number of aromatic nitrogens is 5. The number of alkyl halides is 3. The number of nitrogens with zero attached hydrogens (tertiary/aromatic N) is 6. The summed E-state index contributed by atoms with van der Waals surface area (Å²) in [5.41, 5.74) is 0.952. The predicted molar refractivity (Wildman–Crippen MR) is 101 cm³/mol. The van der Waals surface area contributed by atoms with Crippen molar-refractivity contribution in [2.24, 2.45) is 5.92 Å². The van der Waals surface area contributed by atoms with Crippen LogP contribution in [0.2, 0.25) is 5.15 Å². The summed E-state index contributed by atoms with van der Waals surface area (Å²) in [7, 11) is 0. The van der Waals surface area contributed by atoms with Gasteiger partial charge >= 0.3 is 12.1 Å². The van der Waals surface area contributed by atoms with E-state index >= 15 is 0 Å². The van der Waals surface area contributed by atoms with Crippen molar-refractivity contribution in [1.82, 2.24) is 25.2 Å². The lowest BCUT2D eigenvalue weighted by Crippen LogP contribution is -2.35. The van der Waals surface area contributed by atoms with E-state index in [2.05, 4.69) is 25.4 Å². The average Bonchev–Trinajstić information content (AvgIpc) is 3.15. The smallest absolute Gasteiger partial charge is 0.475 e. The lowest BCUT2D eigenvalue weighted by atomic mass is 9.97. The lowest BCUT2D eigenvalue weighted by molar-refractivity contribution is -0.192. The number of carboxylic acids is 1. The molecule has 1 aliphatic rings. The molecule has 0 atom stereocenters. The van der Waals surface area contributed by atoms with Crippen LogP contribution in [0.3, 0.4) is 0 Å². The second kappa shape index (κ2) is 11.1. The molecular formula is C17H22ClF3N6O3. The largest absolute Gasteiger partial charge is 0.490 e.